The average Bonchev–Trinajstić information content (AvgIpc) is 2.46. The zero-order chi connectivity index (χ0) is 15.7. The minimum atomic E-state index is -0.858. The summed E-state index contributed by atoms with van der Waals surface area (Å²) < 4.78 is 5.71. The molecule has 1 N–H and O–H groups in total. The van der Waals surface area contributed by atoms with Crippen molar-refractivity contribution in [3.8, 4) is 6.07 Å². The Kier molecular flexibility index (Phi) is 4.71. The van der Waals surface area contributed by atoms with Gasteiger partial charge in [0.15, 0.2) is 0 Å². The number of aliphatic hydroxyl groups is 1. The van der Waals surface area contributed by atoms with E-state index < -0.39 is 11.0 Å². The molecule has 0 aromatic heterocycles. The third kappa shape index (κ3) is 3.12. The van der Waals surface area contributed by atoms with Crippen LogP contribution in [-0.4, -0.2) is 23.4 Å². The van der Waals surface area contributed by atoms with E-state index >= 15 is 0 Å². The normalized spacial score (nSPS) is 41.5. The molecule has 1 saturated carbocycles. The van der Waals surface area contributed by atoms with Gasteiger partial charge in [0.25, 0.3) is 0 Å². The molecule has 0 amide bonds. The number of nitrogens with zero attached hydrogens (tertiary/aromatic N) is 1. The average molecular weight is 293 g/mol. The molecule has 3 nitrogen and oxygen atoms in total. The summed E-state index contributed by atoms with van der Waals surface area (Å²) in [6.45, 7) is 9.53. The number of rotatable bonds is 2. The molecule has 2 unspecified atom stereocenters. The van der Waals surface area contributed by atoms with Gasteiger partial charge in [0, 0.05) is 19.4 Å². The highest BCUT2D eigenvalue weighted by Crippen LogP contribution is 2.53. The van der Waals surface area contributed by atoms with Crippen LogP contribution >= 0.6 is 0 Å². The third-order valence-corrected chi connectivity index (χ3v) is 6.06. The first kappa shape index (κ1) is 16.8. The second-order valence-corrected chi connectivity index (χ2v) is 8.22. The van der Waals surface area contributed by atoms with Crippen molar-refractivity contribution < 1.29 is 9.84 Å². The van der Waals surface area contributed by atoms with E-state index in [2.05, 4.69) is 33.8 Å². The third-order valence-electron chi connectivity index (χ3n) is 6.06. The number of hydrogen-bond acceptors (Lipinski definition) is 3. The van der Waals surface area contributed by atoms with Gasteiger partial charge in [0.1, 0.15) is 0 Å². The molecule has 0 aromatic carbocycles. The minimum Gasteiger partial charge on any atom is -0.388 e. The summed E-state index contributed by atoms with van der Waals surface area (Å²) >= 11 is 0. The monoisotopic (exact) mass is 293 g/mol. The number of hydrogen-bond donors (Lipinski definition) is 1. The summed E-state index contributed by atoms with van der Waals surface area (Å²) in [7, 11) is 0. The fraction of sp³-hybridized carbons (Fsp3) is 0.944. The van der Waals surface area contributed by atoms with Crippen LogP contribution < -0.4 is 0 Å². The molecular formula is C18H31NO2. The molecule has 1 aliphatic carbocycles. The van der Waals surface area contributed by atoms with Gasteiger partial charge in [0.05, 0.1) is 23.2 Å². The molecule has 0 aromatic rings. The topological polar surface area (TPSA) is 53.2 Å². The molecule has 2 aliphatic rings. The first-order valence-corrected chi connectivity index (χ1v) is 8.51. The van der Waals surface area contributed by atoms with Crippen LogP contribution in [0.2, 0.25) is 0 Å². The zero-order valence-corrected chi connectivity index (χ0v) is 14.1. The van der Waals surface area contributed by atoms with Crippen LogP contribution in [-0.2, 0) is 4.74 Å². The van der Waals surface area contributed by atoms with E-state index in [-0.39, 0.29) is 6.10 Å². The van der Waals surface area contributed by atoms with Crippen molar-refractivity contribution in [2.75, 3.05) is 6.61 Å². The molecule has 0 spiro atoms. The summed E-state index contributed by atoms with van der Waals surface area (Å²) in [5.41, 5.74) is -1.12. The Labute approximate surface area is 129 Å². The lowest BCUT2D eigenvalue weighted by Gasteiger charge is -2.51. The molecule has 0 radical (unpaired) electrons. The summed E-state index contributed by atoms with van der Waals surface area (Å²) in [6, 6.07) is 2.54. The highest BCUT2D eigenvalue weighted by molar-refractivity contribution is 5.14. The highest BCUT2D eigenvalue weighted by Gasteiger charge is 2.54. The van der Waals surface area contributed by atoms with Crippen molar-refractivity contribution in [2.24, 2.45) is 16.7 Å². The Morgan fingerprint density at radius 1 is 1.24 bits per heavy atom. The van der Waals surface area contributed by atoms with E-state index in [0.29, 0.717) is 30.8 Å². The fourth-order valence-electron chi connectivity index (χ4n) is 4.29. The van der Waals surface area contributed by atoms with Gasteiger partial charge in [-0.25, -0.2) is 0 Å². The van der Waals surface area contributed by atoms with Gasteiger partial charge in [-0.05, 0) is 43.4 Å². The first-order chi connectivity index (χ1) is 9.76. The van der Waals surface area contributed by atoms with Gasteiger partial charge in [-0.1, -0.05) is 27.7 Å². The maximum Gasteiger partial charge on any atom is 0.0879 e. The summed E-state index contributed by atoms with van der Waals surface area (Å²) in [5.74, 6) is 0.657. The Hall–Kier alpha value is -0.590. The van der Waals surface area contributed by atoms with Gasteiger partial charge in [-0.2, -0.15) is 5.26 Å². The molecule has 2 rings (SSSR count). The van der Waals surface area contributed by atoms with E-state index in [1.165, 1.54) is 0 Å². The van der Waals surface area contributed by atoms with Crippen molar-refractivity contribution in [3.05, 3.63) is 0 Å². The molecule has 1 heterocycles. The Bertz CT molecular complexity index is 398. The zero-order valence-electron chi connectivity index (χ0n) is 14.1. The molecule has 120 valence electrons. The van der Waals surface area contributed by atoms with E-state index in [9.17, 15) is 10.4 Å². The standard InChI is InChI=1S/C18H31NO2/c1-5-15-12-18(20,10-11-21-15)17(13-19)8-6-14(7-9-17)16(2,3)4/h14-15,20H,5-12H2,1-4H3. The molecule has 1 saturated heterocycles. The molecule has 0 bridgehead atoms. The van der Waals surface area contributed by atoms with Gasteiger partial charge in [-0.15, -0.1) is 0 Å². The van der Waals surface area contributed by atoms with Crippen molar-refractivity contribution in [1.29, 1.82) is 5.26 Å². The van der Waals surface area contributed by atoms with Crippen molar-refractivity contribution in [1.82, 2.24) is 0 Å². The predicted octanol–water partition coefficient (Wildman–Crippen LogP) is 4.05. The molecular weight excluding hydrogens is 262 g/mol. The maximum absolute atomic E-state index is 11.2. The van der Waals surface area contributed by atoms with Crippen molar-refractivity contribution >= 4 is 0 Å². The Balaban J connectivity index is 2.14. The molecule has 21 heavy (non-hydrogen) atoms. The summed E-state index contributed by atoms with van der Waals surface area (Å²) in [5, 5.41) is 21.1. The lowest BCUT2D eigenvalue weighted by atomic mass is 9.56. The van der Waals surface area contributed by atoms with E-state index in [1.807, 2.05) is 0 Å². The van der Waals surface area contributed by atoms with Gasteiger partial charge in [0.2, 0.25) is 0 Å². The summed E-state index contributed by atoms with van der Waals surface area (Å²) in [4.78, 5) is 0. The van der Waals surface area contributed by atoms with Crippen LogP contribution in [0.1, 0.15) is 72.6 Å². The second-order valence-electron chi connectivity index (χ2n) is 8.22. The minimum absolute atomic E-state index is 0.106. The lowest BCUT2D eigenvalue weighted by molar-refractivity contribution is -0.164. The predicted molar refractivity (Wildman–Crippen MR) is 83.7 cm³/mol. The largest absolute Gasteiger partial charge is 0.388 e. The SMILES string of the molecule is CCC1CC(O)(C2(C#N)CCC(C(C)(C)C)CC2)CCO1. The van der Waals surface area contributed by atoms with E-state index in [1.54, 1.807) is 0 Å². The fourth-order valence-corrected chi connectivity index (χ4v) is 4.29. The molecule has 1 aliphatic heterocycles. The van der Waals surface area contributed by atoms with Gasteiger partial charge >= 0.3 is 0 Å². The quantitative estimate of drug-likeness (QED) is 0.835. The van der Waals surface area contributed by atoms with Crippen molar-refractivity contribution in [3.63, 3.8) is 0 Å². The number of nitriles is 1. The second kappa shape index (κ2) is 5.89. The van der Waals surface area contributed by atoms with Crippen LogP contribution in [0.5, 0.6) is 0 Å². The smallest absolute Gasteiger partial charge is 0.0879 e. The van der Waals surface area contributed by atoms with Gasteiger partial charge in [-0.3, -0.25) is 0 Å². The summed E-state index contributed by atoms with van der Waals surface area (Å²) in [6.07, 6.45) is 6.02. The number of ether oxygens (including phenoxy) is 1. The molecule has 3 heteroatoms. The van der Waals surface area contributed by atoms with Crippen LogP contribution in [0.15, 0.2) is 0 Å². The van der Waals surface area contributed by atoms with Crippen LogP contribution in [0, 0.1) is 28.1 Å². The van der Waals surface area contributed by atoms with E-state index in [4.69, 9.17) is 4.74 Å². The Morgan fingerprint density at radius 3 is 2.33 bits per heavy atom. The van der Waals surface area contributed by atoms with E-state index in [0.717, 1.165) is 32.1 Å². The Morgan fingerprint density at radius 2 is 1.86 bits per heavy atom. The van der Waals surface area contributed by atoms with Crippen LogP contribution in [0.25, 0.3) is 0 Å². The lowest BCUT2D eigenvalue weighted by Crippen LogP contribution is -2.55. The first-order valence-electron chi connectivity index (χ1n) is 8.51. The highest BCUT2D eigenvalue weighted by atomic mass is 16.5. The maximum atomic E-state index is 11.2. The van der Waals surface area contributed by atoms with Crippen LogP contribution in [0.4, 0.5) is 0 Å². The van der Waals surface area contributed by atoms with Crippen molar-refractivity contribution in [2.45, 2.75) is 84.3 Å². The van der Waals surface area contributed by atoms with Crippen LogP contribution in [0.3, 0.4) is 0 Å². The molecule has 2 atom stereocenters. The molecule has 2 fully saturated rings. The van der Waals surface area contributed by atoms with Gasteiger partial charge < -0.3 is 9.84 Å².